The normalized spacial score (nSPS) is 17.2. The molecule has 1 N–H and O–H groups in total. The van der Waals surface area contributed by atoms with Gasteiger partial charge in [-0.1, -0.05) is 29.8 Å². The van der Waals surface area contributed by atoms with Gasteiger partial charge in [-0.3, -0.25) is 4.79 Å². The van der Waals surface area contributed by atoms with E-state index in [1.54, 1.807) is 12.1 Å². The largest absolute Gasteiger partial charge is 0.355 e. The lowest BCUT2D eigenvalue weighted by Crippen LogP contribution is -2.45. The summed E-state index contributed by atoms with van der Waals surface area (Å²) in [5.41, 5.74) is 3.02. The molecule has 1 aromatic heterocycles. The molecule has 2 heterocycles. The number of piperidine rings is 1. The van der Waals surface area contributed by atoms with E-state index in [1.807, 2.05) is 25.1 Å². The SMILES string of the molecule is Cc1cccc(CCNC(=O)C2CCCN(S(=O)(=O)c3ccc(-n4cnnn4)cc3)C2)c1. The molecule has 10 heteroatoms. The van der Waals surface area contributed by atoms with Crippen LogP contribution in [-0.2, 0) is 21.2 Å². The minimum absolute atomic E-state index is 0.0911. The topological polar surface area (TPSA) is 110 Å². The minimum atomic E-state index is -3.69. The summed E-state index contributed by atoms with van der Waals surface area (Å²) in [6, 6.07) is 14.6. The highest BCUT2D eigenvalue weighted by atomic mass is 32.2. The fourth-order valence-electron chi connectivity index (χ4n) is 3.92. The maximum atomic E-state index is 13.1. The third-order valence-electron chi connectivity index (χ3n) is 5.64. The third-order valence-corrected chi connectivity index (χ3v) is 7.52. The summed E-state index contributed by atoms with van der Waals surface area (Å²) in [4.78, 5) is 12.9. The first-order chi connectivity index (χ1) is 15.4. The first-order valence-electron chi connectivity index (χ1n) is 10.6. The number of aryl methyl sites for hydroxylation is 1. The van der Waals surface area contributed by atoms with Crippen LogP contribution in [0.1, 0.15) is 24.0 Å². The zero-order valence-corrected chi connectivity index (χ0v) is 18.7. The van der Waals surface area contributed by atoms with Crippen LogP contribution in [0.2, 0.25) is 0 Å². The Morgan fingerprint density at radius 2 is 2.00 bits per heavy atom. The van der Waals surface area contributed by atoms with Gasteiger partial charge in [0.05, 0.1) is 16.5 Å². The minimum Gasteiger partial charge on any atom is -0.355 e. The molecular weight excluding hydrogens is 428 g/mol. The summed E-state index contributed by atoms with van der Waals surface area (Å²) in [5, 5.41) is 13.9. The molecule has 0 aliphatic carbocycles. The van der Waals surface area contributed by atoms with E-state index in [2.05, 4.69) is 26.9 Å². The number of tetrazole rings is 1. The van der Waals surface area contributed by atoms with E-state index in [0.717, 1.165) is 6.42 Å². The molecule has 0 bridgehead atoms. The van der Waals surface area contributed by atoms with Crippen molar-refractivity contribution in [3.8, 4) is 5.69 Å². The fourth-order valence-corrected chi connectivity index (χ4v) is 5.44. The molecule has 1 aliphatic heterocycles. The zero-order chi connectivity index (χ0) is 22.6. The zero-order valence-electron chi connectivity index (χ0n) is 17.9. The van der Waals surface area contributed by atoms with Gasteiger partial charge in [-0.05, 0) is 66.4 Å². The number of rotatable bonds is 7. The van der Waals surface area contributed by atoms with E-state index < -0.39 is 10.0 Å². The molecule has 2 aromatic carbocycles. The molecule has 3 aromatic rings. The van der Waals surface area contributed by atoms with Gasteiger partial charge < -0.3 is 5.32 Å². The molecule has 32 heavy (non-hydrogen) atoms. The van der Waals surface area contributed by atoms with Crippen molar-refractivity contribution in [1.29, 1.82) is 0 Å². The van der Waals surface area contributed by atoms with Gasteiger partial charge in [0.15, 0.2) is 0 Å². The maximum absolute atomic E-state index is 13.1. The second kappa shape index (κ2) is 9.58. The predicted molar refractivity (Wildman–Crippen MR) is 119 cm³/mol. The lowest BCUT2D eigenvalue weighted by molar-refractivity contribution is -0.126. The van der Waals surface area contributed by atoms with Crippen LogP contribution in [0.3, 0.4) is 0 Å². The van der Waals surface area contributed by atoms with Crippen molar-refractivity contribution in [2.24, 2.45) is 5.92 Å². The van der Waals surface area contributed by atoms with Crippen LogP contribution in [0.15, 0.2) is 59.8 Å². The second-order valence-electron chi connectivity index (χ2n) is 7.98. The number of amides is 1. The highest BCUT2D eigenvalue weighted by Gasteiger charge is 2.33. The molecule has 1 aliphatic rings. The number of carbonyl (C=O) groups excluding carboxylic acids is 1. The van der Waals surface area contributed by atoms with E-state index in [4.69, 9.17) is 0 Å². The van der Waals surface area contributed by atoms with Crippen LogP contribution in [0.25, 0.3) is 5.69 Å². The van der Waals surface area contributed by atoms with Crippen LogP contribution >= 0.6 is 0 Å². The number of nitrogens with zero attached hydrogens (tertiary/aromatic N) is 5. The Morgan fingerprint density at radius 1 is 1.19 bits per heavy atom. The van der Waals surface area contributed by atoms with Gasteiger partial charge in [0, 0.05) is 19.6 Å². The molecule has 168 valence electrons. The van der Waals surface area contributed by atoms with Crippen LogP contribution in [-0.4, -0.2) is 58.5 Å². The smallest absolute Gasteiger partial charge is 0.243 e. The Kier molecular flexibility index (Phi) is 6.61. The summed E-state index contributed by atoms with van der Waals surface area (Å²) in [6.45, 7) is 3.17. The van der Waals surface area contributed by atoms with Gasteiger partial charge in [0.1, 0.15) is 6.33 Å². The molecule has 0 spiro atoms. The van der Waals surface area contributed by atoms with Gasteiger partial charge in [-0.15, -0.1) is 5.10 Å². The summed E-state index contributed by atoms with van der Waals surface area (Å²) < 4.78 is 29.1. The average Bonchev–Trinajstić information content (AvgIpc) is 3.34. The number of aromatic nitrogens is 4. The first kappa shape index (κ1) is 22.1. The summed E-state index contributed by atoms with van der Waals surface area (Å²) in [5.74, 6) is -0.442. The quantitative estimate of drug-likeness (QED) is 0.582. The van der Waals surface area contributed by atoms with Crippen LogP contribution < -0.4 is 5.32 Å². The summed E-state index contributed by atoms with van der Waals surface area (Å²) in [7, 11) is -3.69. The van der Waals surface area contributed by atoms with Crippen molar-refractivity contribution in [3.05, 3.63) is 66.0 Å². The van der Waals surface area contributed by atoms with Crippen LogP contribution in [0.4, 0.5) is 0 Å². The number of sulfonamides is 1. The van der Waals surface area contributed by atoms with Gasteiger partial charge >= 0.3 is 0 Å². The van der Waals surface area contributed by atoms with Crippen molar-refractivity contribution in [1.82, 2.24) is 29.8 Å². The van der Waals surface area contributed by atoms with Crippen molar-refractivity contribution in [3.63, 3.8) is 0 Å². The molecule has 1 unspecified atom stereocenters. The van der Waals surface area contributed by atoms with E-state index in [1.165, 1.54) is 38.6 Å². The van der Waals surface area contributed by atoms with Gasteiger partial charge in [-0.25, -0.2) is 13.1 Å². The standard InChI is InChI=1S/C22H26N6O3S/c1-17-4-2-5-18(14-17)11-12-23-22(29)19-6-3-13-27(15-19)32(30,31)21-9-7-20(8-10-21)28-16-24-25-26-28/h2,4-5,7-10,14,16,19H,3,6,11-13,15H2,1H3,(H,23,29). The lowest BCUT2D eigenvalue weighted by atomic mass is 9.98. The Balaban J connectivity index is 1.36. The number of hydrogen-bond acceptors (Lipinski definition) is 6. The number of hydrogen-bond donors (Lipinski definition) is 1. The van der Waals surface area contributed by atoms with Crippen molar-refractivity contribution in [2.75, 3.05) is 19.6 Å². The van der Waals surface area contributed by atoms with E-state index in [-0.39, 0.29) is 23.3 Å². The van der Waals surface area contributed by atoms with Gasteiger partial charge in [-0.2, -0.15) is 4.31 Å². The third kappa shape index (κ3) is 5.03. The average molecular weight is 455 g/mol. The van der Waals surface area contributed by atoms with Crippen molar-refractivity contribution in [2.45, 2.75) is 31.1 Å². The molecule has 9 nitrogen and oxygen atoms in total. The van der Waals surface area contributed by atoms with Crippen molar-refractivity contribution < 1.29 is 13.2 Å². The van der Waals surface area contributed by atoms with Crippen molar-refractivity contribution >= 4 is 15.9 Å². The molecule has 4 rings (SSSR count). The van der Waals surface area contributed by atoms with Gasteiger partial charge in [0.25, 0.3) is 0 Å². The Hall–Kier alpha value is -3.11. The highest BCUT2D eigenvalue weighted by molar-refractivity contribution is 7.89. The van der Waals surface area contributed by atoms with E-state index >= 15 is 0 Å². The van der Waals surface area contributed by atoms with Gasteiger partial charge in [0.2, 0.25) is 15.9 Å². The number of nitrogens with one attached hydrogen (secondary N) is 1. The number of benzene rings is 2. The Morgan fingerprint density at radius 3 is 2.72 bits per heavy atom. The monoisotopic (exact) mass is 454 g/mol. The number of carbonyl (C=O) groups is 1. The molecule has 1 amide bonds. The summed E-state index contributed by atoms with van der Waals surface area (Å²) >= 11 is 0. The predicted octanol–water partition coefficient (Wildman–Crippen LogP) is 1.73. The fraction of sp³-hybridized carbons (Fsp3) is 0.364. The highest BCUT2D eigenvalue weighted by Crippen LogP contribution is 2.24. The molecule has 1 atom stereocenters. The second-order valence-corrected chi connectivity index (χ2v) is 9.92. The van der Waals surface area contributed by atoms with Crippen LogP contribution in [0.5, 0.6) is 0 Å². The maximum Gasteiger partial charge on any atom is 0.243 e. The molecular formula is C22H26N6O3S. The molecule has 0 saturated carbocycles. The first-order valence-corrected chi connectivity index (χ1v) is 12.0. The van der Waals surface area contributed by atoms with Crippen LogP contribution in [0, 0.1) is 12.8 Å². The molecule has 1 fully saturated rings. The molecule has 0 radical (unpaired) electrons. The van der Waals surface area contributed by atoms with E-state index in [0.29, 0.717) is 31.6 Å². The van der Waals surface area contributed by atoms with E-state index in [9.17, 15) is 13.2 Å². The summed E-state index contributed by atoms with van der Waals surface area (Å²) in [6.07, 6.45) is 3.52. The molecule has 1 saturated heterocycles. The Bertz CT molecular complexity index is 1160. The lowest BCUT2D eigenvalue weighted by Gasteiger charge is -2.31. The Labute approximate surface area is 187 Å².